The number of amides is 1. The van der Waals surface area contributed by atoms with E-state index in [1.807, 2.05) is 6.26 Å². The maximum absolute atomic E-state index is 13.1. The van der Waals surface area contributed by atoms with Crippen LogP contribution in [-0.2, 0) is 21.1 Å². The molecule has 1 aromatic rings. The van der Waals surface area contributed by atoms with Gasteiger partial charge in [-0.1, -0.05) is 18.2 Å². The van der Waals surface area contributed by atoms with Crippen LogP contribution in [0.15, 0.2) is 24.3 Å². The van der Waals surface area contributed by atoms with Crippen molar-refractivity contribution in [3.63, 3.8) is 0 Å². The Morgan fingerprint density at radius 3 is 2.63 bits per heavy atom. The number of hydrogen-bond donors (Lipinski definition) is 2. The first kappa shape index (κ1) is 24.1. The number of ether oxygens (including phenoxy) is 1. The number of benzene rings is 1. The molecule has 9 heteroatoms. The molecule has 0 unspecified atom stereocenters. The lowest BCUT2D eigenvalue weighted by Crippen LogP contribution is -2.49. The normalized spacial score (nSPS) is 17.7. The van der Waals surface area contributed by atoms with Gasteiger partial charge in [0.15, 0.2) is 0 Å². The lowest BCUT2D eigenvalue weighted by molar-refractivity contribution is -0.137. The largest absolute Gasteiger partial charge is 0.416 e. The van der Waals surface area contributed by atoms with E-state index in [0.717, 1.165) is 11.8 Å². The van der Waals surface area contributed by atoms with Gasteiger partial charge in [-0.25, -0.2) is 0 Å². The summed E-state index contributed by atoms with van der Waals surface area (Å²) < 4.78 is 44.6. The van der Waals surface area contributed by atoms with Crippen LogP contribution in [0.25, 0.3) is 0 Å². The van der Waals surface area contributed by atoms with Crippen molar-refractivity contribution < 1.29 is 22.7 Å². The highest BCUT2D eigenvalue weighted by molar-refractivity contribution is 7.98. The average Bonchev–Trinajstić information content (AvgIpc) is 2.64. The van der Waals surface area contributed by atoms with Gasteiger partial charge in [-0.05, 0) is 42.9 Å². The summed E-state index contributed by atoms with van der Waals surface area (Å²) >= 11 is 1.61. The van der Waals surface area contributed by atoms with Crippen molar-refractivity contribution >= 4 is 30.1 Å². The first-order valence-electron chi connectivity index (χ1n) is 8.56. The highest BCUT2D eigenvalue weighted by Crippen LogP contribution is 2.37. The van der Waals surface area contributed by atoms with E-state index in [2.05, 4.69) is 5.32 Å². The predicted molar refractivity (Wildman–Crippen MR) is 104 cm³/mol. The third-order valence-electron chi connectivity index (χ3n) is 4.82. The first-order valence-corrected chi connectivity index (χ1v) is 9.96. The Hall–Kier alpha value is -0.960. The molecule has 0 aliphatic carbocycles. The Morgan fingerprint density at radius 1 is 1.37 bits per heavy atom. The predicted octanol–water partition coefficient (Wildman–Crippen LogP) is 3.37. The number of hydrogen-bond acceptors (Lipinski definition) is 4. The van der Waals surface area contributed by atoms with Crippen LogP contribution in [0.2, 0.25) is 0 Å². The molecular formula is C18H26ClF3N2O2S. The summed E-state index contributed by atoms with van der Waals surface area (Å²) in [4.78, 5) is 12.2. The molecule has 0 aromatic heterocycles. The van der Waals surface area contributed by atoms with Gasteiger partial charge in [0.25, 0.3) is 0 Å². The Balaban J connectivity index is 0.00000364. The van der Waals surface area contributed by atoms with Gasteiger partial charge < -0.3 is 15.8 Å². The van der Waals surface area contributed by atoms with Crippen molar-refractivity contribution in [3.05, 3.63) is 35.4 Å². The minimum atomic E-state index is -4.40. The van der Waals surface area contributed by atoms with Crippen LogP contribution in [0.3, 0.4) is 0 Å². The molecule has 27 heavy (non-hydrogen) atoms. The summed E-state index contributed by atoms with van der Waals surface area (Å²) in [5.41, 5.74) is 5.21. The molecule has 0 saturated carbocycles. The number of carbonyl (C=O) groups excluding carboxylic acids is 1. The van der Waals surface area contributed by atoms with E-state index in [-0.39, 0.29) is 24.9 Å². The Bertz CT molecular complexity index is 611. The number of halogens is 4. The van der Waals surface area contributed by atoms with Crippen LogP contribution in [0.5, 0.6) is 0 Å². The third-order valence-corrected chi connectivity index (χ3v) is 5.47. The van der Waals surface area contributed by atoms with Crippen LogP contribution in [0.4, 0.5) is 13.2 Å². The fourth-order valence-electron chi connectivity index (χ4n) is 3.12. The molecule has 1 heterocycles. The zero-order valence-corrected chi connectivity index (χ0v) is 16.8. The van der Waals surface area contributed by atoms with Crippen molar-refractivity contribution in [3.8, 4) is 0 Å². The SMILES string of the molecule is CSCC[C@H](N)C(=O)NCC1(c2cccc(C(F)(F)F)c2)CCOCC1.Cl. The van der Waals surface area contributed by atoms with Crippen LogP contribution in [0.1, 0.15) is 30.4 Å². The summed E-state index contributed by atoms with van der Waals surface area (Å²) in [6.45, 7) is 1.15. The van der Waals surface area contributed by atoms with Crippen molar-refractivity contribution in [1.29, 1.82) is 0 Å². The first-order chi connectivity index (χ1) is 12.3. The fraction of sp³-hybridized carbons (Fsp3) is 0.611. The molecule has 1 aliphatic heterocycles. The third kappa shape index (κ3) is 6.55. The van der Waals surface area contributed by atoms with Crippen LogP contribution in [0, 0.1) is 0 Å². The van der Waals surface area contributed by atoms with Gasteiger partial charge in [0.05, 0.1) is 11.6 Å². The quantitative estimate of drug-likeness (QED) is 0.701. The van der Waals surface area contributed by atoms with E-state index in [1.54, 1.807) is 17.8 Å². The molecular weight excluding hydrogens is 401 g/mol. The highest BCUT2D eigenvalue weighted by Gasteiger charge is 2.38. The maximum atomic E-state index is 13.1. The van der Waals surface area contributed by atoms with Crippen LogP contribution < -0.4 is 11.1 Å². The molecule has 2 rings (SSSR count). The van der Waals surface area contributed by atoms with Gasteiger partial charge in [-0.3, -0.25) is 4.79 Å². The molecule has 1 saturated heterocycles. The van der Waals surface area contributed by atoms with E-state index >= 15 is 0 Å². The molecule has 1 fully saturated rings. The van der Waals surface area contributed by atoms with Crippen LogP contribution in [-0.4, -0.2) is 43.7 Å². The second-order valence-electron chi connectivity index (χ2n) is 6.58. The topological polar surface area (TPSA) is 64.4 Å². The molecule has 0 spiro atoms. The summed E-state index contributed by atoms with van der Waals surface area (Å²) in [6.07, 6.45) is -0.795. The number of thioether (sulfide) groups is 1. The molecule has 1 aliphatic rings. The standard InChI is InChI=1S/C18H25F3N2O2S.ClH/c1-26-10-5-15(22)16(24)23-12-17(6-8-25-9-7-17)13-3-2-4-14(11-13)18(19,20)21;/h2-4,11,15H,5-10,12,22H2,1H3,(H,23,24);1H/t15-;/m0./s1. The van der Waals surface area contributed by atoms with Gasteiger partial charge in [-0.2, -0.15) is 24.9 Å². The number of carbonyl (C=O) groups is 1. The van der Waals surface area contributed by atoms with E-state index in [1.165, 1.54) is 12.1 Å². The van der Waals surface area contributed by atoms with Gasteiger partial charge in [0, 0.05) is 25.2 Å². The molecule has 0 bridgehead atoms. The van der Waals surface area contributed by atoms with Gasteiger partial charge in [0.1, 0.15) is 0 Å². The molecule has 1 atom stereocenters. The summed E-state index contributed by atoms with van der Waals surface area (Å²) in [6, 6.07) is 4.75. The monoisotopic (exact) mass is 426 g/mol. The second-order valence-corrected chi connectivity index (χ2v) is 7.56. The minimum Gasteiger partial charge on any atom is -0.381 e. The molecule has 3 N–H and O–H groups in total. The average molecular weight is 427 g/mol. The molecule has 154 valence electrons. The highest BCUT2D eigenvalue weighted by atomic mass is 35.5. The summed E-state index contributed by atoms with van der Waals surface area (Å²) in [5.74, 6) is 0.512. The Labute approximate surface area is 168 Å². The molecule has 4 nitrogen and oxygen atoms in total. The molecule has 1 aromatic carbocycles. The van der Waals surface area contributed by atoms with Gasteiger partial charge in [-0.15, -0.1) is 12.4 Å². The number of rotatable bonds is 7. The number of nitrogens with two attached hydrogens (primary N) is 1. The number of nitrogens with one attached hydrogen (secondary N) is 1. The zero-order chi connectivity index (χ0) is 19.2. The van der Waals surface area contributed by atoms with Crippen LogP contribution >= 0.6 is 24.2 Å². The molecule has 1 amide bonds. The second kappa shape index (κ2) is 10.5. The van der Waals surface area contributed by atoms with E-state index in [4.69, 9.17) is 10.5 Å². The number of alkyl halides is 3. The van der Waals surface area contributed by atoms with E-state index < -0.39 is 23.2 Å². The lowest BCUT2D eigenvalue weighted by Gasteiger charge is -2.38. The van der Waals surface area contributed by atoms with Gasteiger partial charge in [0.2, 0.25) is 5.91 Å². The lowest BCUT2D eigenvalue weighted by atomic mass is 9.73. The van der Waals surface area contributed by atoms with E-state index in [0.29, 0.717) is 38.0 Å². The van der Waals surface area contributed by atoms with Crippen molar-refractivity contribution in [2.45, 2.75) is 36.9 Å². The minimum absolute atomic E-state index is 0. The van der Waals surface area contributed by atoms with Crippen molar-refractivity contribution in [2.24, 2.45) is 5.73 Å². The van der Waals surface area contributed by atoms with E-state index in [9.17, 15) is 18.0 Å². The van der Waals surface area contributed by atoms with Crippen molar-refractivity contribution in [1.82, 2.24) is 5.32 Å². The smallest absolute Gasteiger partial charge is 0.381 e. The zero-order valence-electron chi connectivity index (χ0n) is 15.2. The molecule has 0 radical (unpaired) electrons. The summed E-state index contributed by atoms with van der Waals surface area (Å²) in [7, 11) is 0. The van der Waals surface area contributed by atoms with Crippen molar-refractivity contribution in [2.75, 3.05) is 31.8 Å². The summed E-state index contributed by atoms with van der Waals surface area (Å²) in [5, 5.41) is 2.85. The Kier molecular flexibility index (Phi) is 9.41. The fourth-order valence-corrected chi connectivity index (χ4v) is 3.61. The van der Waals surface area contributed by atoms with Gasteiger partial charge >= 0.3 is 6.18 Å². The maximum Gasteiger partial charge on any atom is 0.416 e. The Morgan fingerprint density at radius 2 is 2.04 bits per heavy atom.